The van der Waals surface area contributed by atoms with Gasteiger partial charge in [0.25, 0.3) is 5.91 Å². The van der Waals surface area contributed by atoms with E-state index in [9.17, 15) is 9.59 Å². The molecular weight excluding hydrogens is 328 g/mol. The van der Waals surface area contributed by atoms with Crippen LogP contribution in [-0.4, -0.2) is 36.4 Å². The smallest absolute Gasteiger partial charge is 0.257 e. The van der Waals surface area contributed by atoms with E-state index < -0.39 is 0 Å². The predicted octanol–water partition coefficient (Wildman–Crippen LogP) is 2.69. The van der Waals surface area contributed by atoms with Crippen molar-refractivity contribution in [1.29, 1.82) is 0 Å². The average molecular weight is 352 g/mol. The Morgan fingerprint density at radius 3 is 2.50 bits per heavy atom. The molecule has 2 N–H and O–H groups in total. The zero-order valence-electron chi connectivity index (χ0n) is 14.9. The van der Waals surface area contributed by atoms with Gasteiger partial charge in [-0.25, -0.2) is 0 Å². The van der Waals surface area contributed by atoms with Gasteiger partial charge in [0, 0.05) is 49.3 Å². The van der Waals surface area contributed by atoms with Crippen LogP contribution < -0.4 is 15.5 Å². The van der Waals surface area contributed by atoms with Crippen LogP contribution in [0.5, 0.6) is 0 Å². The summed E-state index contributed by atoms with van der Waals surface area (Å²) in [5.74, 6) is 0.110. The zero-order valence-corrected chi connectivity index (χ0v) is 14.9. The molecule has 26 heavy (non-hydrogen) atoms. The van der Waals surface area contributed by atoms with Gasteiger partial charge in [0.05, 0.1) is 5.56 Å². The maximum absolute atomic E-state index is 12.2. The zero-order chi connectivity index (χ0) is 18.4. The molecule has 0 saturated carbocycles. The standard InChI is InChI=1S/C20H24N4O2/c1-2-22-19(25)15-9-12-24(13-10-15)18-7-5-17(6-8-18)23-20(26)16-4-3-11-21-14-16/h3-8,11,14-15H,2,9-10,12-13H2,1H3,(H,22,25)(H,23,26). The maximum Gasteiger partial charge on any atom is 0.257 e. The van der Waals surface area contributed by atoms with Crippen LogP contribution in [0.3, 0.4) is 0 Å². The van der Waals surface area contributed by atoms with Gasteiger partial charge in [-0.15, -0.1) is 0 Å². The van der Waals surface area contributed by atoms with Crippen LogP contribution in [0.2, 0.25) is 0 Å². The monoisotopic (exact) mass is 352 g/mol. The van der Waals surface area contributed by atoms with E-state index in [1.54, 1.807) is 24.5 Å². The molecule has 1 aliphatic rings. The summed E-state index contributed by atoms with van der Waals surface area (Å²) in [5, 5.41) is 5.78. The van der Waals surface area contributed by atoms with Crippen molar-refractivity contribution >= 4 is 23.2 Å². The number of carbonyl (C=O) groups is 2. The second-order valence-electron chi connectivity index (χ2n) is 6.40. The molecule has 0 spiro atoms. The van der Waals surface area contributed by atoms with E-state index in [0.29, 0.717) is 12.1 Å². The van der Waals surface area contributed by atoms with Crippen molar-refractivity contribution in [3.8, 4) is 0 Å². The summed E-state index contributed by atoms with van der Waals surface area (Å²) in [6.45, 7) is 4.36. The summed E-state index contributed by atoms with van der Waals surface area (Å²) in [7, 11) is 0. The lowest BCUT2D eigenvalue weighted by Crippen LogP contribution is -2.40. The van der Waals surface area contributed by atoms with Gasteiger partial charge < -0.3 is 15.5 Å². The van der Waals surface area contributed by atoms with Gasteiger partial charge in [-0.3, -0.25) is 14.6 Å². The third-order valence-corrected chi connectivity index (χ3v) is 4.63. The minimum Gasteiger partial charge on any atom is -0.371 e. The molecule has 0 atom stereocenters. The molecule has 2 amide bonds. The van der Waals surface area contributed by atoms with Crippen molar-refractivity contribution in [3.63, 3.8) is 0 Å². The molecule has 1 fully saturated rings. The number of anilines is 2. The number of benzene rings is 1. The van der Waals surface area contributed by atoms with E-state index in [0.717, 1.165) is 37.3 Å². The van der Waals surface area contributed by atoms with Gasteiger partial charge in [0.1, 0.15) is 0 Å². The topological polar surface area (TPSA) is 74.3 Å². The van der Waals surface area contributed by atoms with Crippen molar-refractivity contribution in [2.75, 3.05) is 29.9 Å². The summed E-state index contributed by atoms with van der Waals surface area (Å²) < 4.78 is 0. The third kappa shape index (κ3) is 4.39. The summed E-state index contributed by atoms with van der Waals surface area (Å²) in [6, 6.07) is 11.3. The average Bonchev–Trinajstić information content (AvgIpc) is 2.69. The van der Waals surface area contributed by atoms with E-state index in [-0.39, 0.29) is 17.7 Å². The lowest BCUT2D eigenvalue weighted by atomic mass is 9.95. The van der Waals surface area contributed by atoms with E-state index >= 15 is 0 Å². The Labute approximate surface area is 153 Å². The number of amides is 2. The Morgan fingerprint density at radius 2 is 1.88 bits per heavy atom. The molecule has 0 unspecified atom stereocenters. The normalized spacial score (nSPS) is 14.7. The highest BCUT2D eigenvalue weighted by Crippen LogP contribution is 2.25. The number of nitrogens with zero attached hydrogens (tertiary/aromatic N) is 2. The molecule has 1 aromatic carbocycles. The first kappa shape index (κ1) is 17.9. The van der Waals surface area contributed by atoms with Gasteiger partial charge in [0.15, 0.2) is 0 Å². The molecule has 1 aromatic heterocycles. The molecule has 0 bridgehead atoms. The number of rotatable bonds is 5. The van der Waals surface area contributed by atoms with Gasteiger partial charge in [-0.05, 0) is 56.2 Å². The Balaban J connectivity index is 1.55. The molecule has 1 saturated heterocycles. The molecule has 0 aliphatic carbocycles. The number of carbonyl (C=O) groups excluding carboxylic acids is 2. The minimum atomic E-state index is -0.173. The van der Waals surface area contributed by atoms with E-state index in [4.69, 9.17) is 0 Å². The summed E-state index contributed by atoms with van der Waals surface area (Å²) in [4.78, 5) is 30.3. The van der Waals surface area contributed by atoms with Crippen LogP contribution in [-0.2, 0) is 4.79 Å². The molecular formula is C20H24N4O2. The van der Waals surface area contributed by atoms with E-state index in [1.807, 2.05) is 31.2 Å². The van der Waals surface area contributed by atoms with Crippen molar-refractivity contribution < 1.29 is 9.59 Å². The van der Waals surface area contributed by atoms with Gasteiger partial charge in [-0.2, -0.15) is 0 Å². The predicted molar refractivity (Wildman–Crippen MR) is 102 cm³/mol. The molecule has 136 valence electrons. The first-order valence-electron chi connectivity index (χ1n) is 9.01. The van der Waals surface area contributed by atoms with E-state index in [1.165, 1.54) is 0 Å². The summed E-state index contributed by atoms with van der Waals surface area (Å²) in [5.41, 5.74) is 2.39. The van der Waals surface area contributed by atoms with Crippen LogP contribution in [0.25, 0.3) is 0 Å². The highest BCUT2D eigenvalue weighted by Gasteiger charge is 2.24. The first-order valence-corrected chi connectivity index (χ1v) is 9.01. The summed E-state index contributed by atoms with van der Waals surface area (Å²) in [6.07, 6.45) is 4.92. The lowest BCUT2D eigenvalue weighted by molar-refractivity contribution is -0.125. The Morgan fingerprint density at radius 1 is 1.15 bits per heavy atom. The van der Waals surface area contributed by atoms with Crippen LogP contribution in [0, 0.1) is 5.92 Å². The van der Waals surface area contributed by atoms with Crippen molar-refractivity contribution in [1.82, 2.24) is 10.3 Å². The Kier molecular flexibility index (Phi) is 5.84. The fraction of sp³-hybridized carbons (Fsp3) is 0.350. The Bertz CT molecular complexity index is 738. The quantitative estimate of drug-likeness (QED) is 0.868. The molecule has 6 heteroatoms. The second kappa shape index (κ2) is 8.47. The number of piperidine rings is 1. The molecule has 1 aliphatic heterocycles. The largest absolute Gasteiger partial charge is 0.371 e. The first-order chi connectivity index (χ1) is 12.7. The molecule has 2 heterocycles. The van der Waals surface area contributed by atoms with Crippen LogP contribution >= 0.6 is 0 Å². The number of aromatic nitrogens is 1. The van der Waals surface area contributed by atoms with Gasteiger partial charge in [-0.1, -0.05) is 0 Å². The SMILES string of the molecule is CCNC(=O)C1CCN(c2ccc(NC(=O)c3cccnc3)cc2)CC1. The molecule has 0 radical (unpaired) electrons. The number of nitrogens with one attached hydrogen (secondary N) is 2. The third-order valence-electron chi connectivity index (χ3n) is 4.63. The molecule has 3 rings (SSSR count). The highest BCUT2D eigenvalue weighted by atomic mass is 16.2. The fourth-order valence-corrected chi connectivity index (χ4v) is 3.17. The maximum atomic E-state index is 12.2. The number of hydrogen-bond donors (Lipinski definition) is 2. The van der Waals surface area contributed by atoms with Gasteiger partial charge >= 0.3 is 0 Å². The fourth-order valence-electron chi connectivity index (χ4n) is 3.17. The van der Waals surface area contributed by atoms with Crippen LogP contribution in [0.15, 0.2) is 48.8 Å². The number of hydrogen-bond acceptors (Lipinski definition) is 4. The Hall–Kier alpha value is -2.89. The molecule has 6 nitrogen and oxygen atoms in total. The highest BCUT2D eigenvalue weighted by molar-refractivity contribution is 6.04. The molecule has 2 aromatic rings. The van der Waals surface area contributed by atoms with E-state index in [2.05, 4.69) is 20.5 Å². The van der Waals surface area contributed by atoms with Gasteiger partial charge in [0.2, 0.25) is 5.91 Å². The van der Waals surface area contributed by atoms with Crippen LogP contribution in [0.1, 0.15) is 30.1 Å². The van der Waals surface area contributed by atoms with Crippen LogP contribution in [0.4, 0.5) is 11.4 Å². The lowest BCUT2D eigenvalue weighted by Gasteiger charge is -2.33. The minimum absolute atomic E-state index is 0.115. The second-order valence-corrected chi connectivity index (χ2v) is 6.40. The number of pyridine rings is 1. The van der Waals surface area contributed by atoms with Crippen molar-refractivity contribution in [3.05, 3.63) is 54.4 Å². The van der Waals surface area contributed by atoms with Crippen molar-refractivity contribution in [2.24, 2.45) is 5.92 Å². The van der Waals surface area contributed by atoms with Crippen molar-refractivity contribution in [2.45, 2.75) is 19.8 Å². The summed E-state index contributed by atoms with van der Waals surface area (Å²) >= 11 is 0.